The summed E-state index contributed by atoms with van der Waals surface area (Å²) in [5.41, 5.74) is -0.545. The van der Waals surface area contributed by atoms with E-state index < -0.39 is 11.7 Å². The van der Waals surface area contributed by atoms with E-state index in [9.17, 15) is 10.2 Å². The van der Waals surface area contributed by atoms with Gasteiger partial charge in [-0.05, 0) is 30.9 Å². The second kappa shape index (κ2) is 3.34. The first-order chi connectivity index (χ1) is 5.44. The fourth-order valence-corrected chi connectivity index (χ4v) is 1.81. The van der Waals surface area contributed by atoms with Crippen molar-refractivity contribution in [1.82, 2.24) is 0 Å². The first kappa shape index (κ1) is 9.99. The highest BCUT2D eigenvalue weighted by atomic mass is 35.5. The van der Waals surface area contributed by atoms with Gasteiger partial charge in [0, 0.05) is 0 Å². The van der Waals surface area contributed by atoms with Crippen LogP contribution in [0.1, 0.15) is 19.4 Å². The number of thiophene rings is 1. The third-order valence-corrected chi connectivity index (χ3v) is 3.06. The van der Waals surface area contributed by atoms with Crippen LogP contribution in [0.3, 0.4) is 0 Å². The van der Waals surface area contributed by atoms with E-state index in [0.29, 0.717) is 9.90 Å². The Bertz CT molecular complexity index is 268. The molecule has 0 spiro atoms. The molecular weight excluding hydrogens is 196 g/mol. The average molecular weight is 207 g/mol. The monoisotopic (exact) mass is 206 g/mol. The molecule has 0 aromatic carbocycles. The van der Waals surface area contributed by atoms with Gasteiger partial charge in [-0.1, -0.05) is 11.6 Å². The summed E-state index contributed by atoms with van der Waals surface area (Å²) in [6.07, 6.45) is -0.803. The minimum atomic E-state index is -1.20. The largest absolute Gasteiger partial charge is 0.390 e. The molecule has 0 radical (unpaired) electrons. The predicted octanol–water partition coefficient (Wildman–Crippen LogP) is 1.99. The third-order valence-electron chi connectivity index (χ3n) is 1.97. The second-order valence-corrected chi connectivity index (χ2v) is 4.51. The van der Waals surface area contributed by atoms with Gasteiger partial charge in [0.05, 0.1) is 10.4 Å². The zero-order chi connectivity index (χ0) is 9.35. The highest BCUT2D eigenvalue weighted by Crippen LogP contribution is 2.30. The molecule has 2 unspecified atom stereocenters. The lowest BCUT2D eigenvalue weighted by molar-refractivity contribution is -0.0566. The van der Waals surface area contributed by atoms with E-state index in [1.165, 1.54) is 11.3 Å². The summed E-state index contributed by atoms with van der Waals surface area (Å²) in [6, 6.07) is 1.67. The number of rotatable bonds is 2. The molecule has 0 saturated heterocycles. The number of aliphatic hydroxyl groups excluding tert-OH is 1. The lowest BCUT2D eigenvalue weighted by atomic mass is 9.94. The van der Waals surface area contributed by atoms with Crippen LogP contribution in [-0.4, -0.2) is 16.3 Å². The van der Waals surface area contributed by atoms with Crippen LogP contribution < -0.4 is 0 Å². The molecular formula is C8H11ClO2S. The molecule has 1 heterocycles. The molecule has 0 aliphatic rings. The number of hydrogen-bond donors (Lipinski definition) is 2. The maximum absolute atomic E-state index is 9.77. The average Bonchev–Trinajstić information content (AvgIpc) is 2.35. The normalized spacial score (nSPS) is 18.8. The minimum absolute atomic E-state index is 0.617. The van der Waals surface area contributed by atoms with Gasteiger partial charge in [-0.25, -0.2) is 0 Å². The first-order valence-electron chi connectivity index (χ1n) is 3.59. The van der Waals surface area contributed by atoms with Crippen LogP contribution >= 0.6 is 22.9 Å². The Labute approximate surface area is 80.4 Å². The Hall–Kier alpha value is -0.0900. The minimum Gasteiger partial charge on any atom is -0.390 e. The van der Waals surface area contributed by atoms with Crippen LogP contribution in [0.15, 0.2) is 11.4 Å². The van der Waals surface area contributed by atoms with Gasteiger partial charge in [0.2, 0.25) is 0 Å². The van der Waals surface area contributed by atoms with Crippen molar-refractivity contribution in [2.75, 3.05) is 0 Å². The molecule has 0 saturated carbocycles. The van der Waals surface area contributed by atoms with Crippen LogP contribution in [0.2, 0.25) is 4.34 Å². The molecule has 1 rings (SSSR count). The van der Waals surface area contributed by atoms with Crippen molar-refractivity contribution >= 4 is 22.9 Å². The summed E-state index contributed by atoms with van der Waals surface area (Å²) in [6.45, 7) is 3.11. The molecule has 68 valence electrons. The molecule has 2 N–H and O–H groups in total. The van der Waals surface area contributed by atoms with E-state index >= 15 is 0 Å². The molecule has 1 aromatic heterocycles. The van der Waals surface area contributed by atoms with E-state index in [1.54, 1.807) is 25.3 Å². The van der Waals surface area contributed by atoms with Crippen LogP contribution in [0.25, 0.3) is 0 Å². The molecule has 0 aliphatic carbocycles. The molecule has 1 aromatic rings. The number of hydrogen-bond acceptors (Lipinski definition) is 3. The Morgan fingerprint density at radius 2 is 2.25 bits per heavy atom. The molecule has 0 amide bonds. The predicted molar refractivity (Wildman–Crippen MR) is 50.6 cm³/mol. The summed E-state index contributed by atoms with van der Waals surface area (Å²) in [4.78, 5) is 0. The second-order valence-electron chi connectivity index (χ2n) is 2.96. The molecule has 0 fully saturated rings. The Balaban J connectivity index is 2.97. The Morgan fingerprint density at radius 3 is 2.58 bits per heavy atom. The van der Waals surface area contributed by atoms with Crippen LogP contribution in [0.5, 0.6) is 0 Å². The van der Waals surface area contributed by atoms with Crippen LogP contribution in [0.4, 0.5) is 0 Å². The highest BCUT2D eigenvalue weighted by Gasteiger charge is 2.29. The van der Waals surface area contributed by atoms with Crippen molar-refractivity contribution in [2.45, 2.75) is 25.6 Å². The fourth-order valence-electron chi connectivity index (χ4n) is 0.817. The van der Waals surface area contributed by atoms with Crippen molar-refractivity contribution in [3.8, 4) is 0 Å². The van der Waals surface area contributed by atoms with Crippen molar-refractivity contribution in [3.63, 3.8) is 0 Å². The zero-order valence-electron chi connectivity index (χ0n) is 6.91. The molecule has 2 nitrogen and oxygen atoms in total. The molecule has 0 bridgehead atoms. The van der Waals surface area contributed by atoms with Crippen molar-refractivity contribution in [3.05, 3.63) is 21.3 Å². The van der Waals surface area contributed by atoms with Gasteiger partial charge in [0.25, 0.3) is 0 Å². The maximum atomic E-state index is 9.77. The van der Waals surface area contributed by atoms with E-state index in [1.807, 2.05) is 0 Å². The van der Waals surface area contributed by atoms with Crippen molar-refractivity contribution in [1.29, 1.82) is 0 Å². The highest BCUT2D eigenvalue weighted by molar-refractivity contribution is 7.14. The molecule has 0 aliphatic heterocycles. The summed E-state index contributed by atoms with van der Waals surface area (Å²) in [5.74, 6) is 0. The van der Waals surface area contributed by atoms with Gasteiger partial charge < -0.3 is 10.2 Å². The Morgan fingerprint density at radius 1 is 1.67 bits per heavy atom. The molecule has 12 heavy (non-hydrogen) atoms. The molecule has 2 atom stereocenters. The smallest absolute Gasteiger partial charge is 0.113 e. The number of halogens is 1. The van der Waals surface area contributed by atoms with Gasteiger partial charge >= 0.3 is 0 Å². The van der Waals surface area contributed by atoms with Crippen LogP contribution in [0, 0.1) is 0 Å². The summed E-state index contributed by atoms with van der Waals surface area (Å²) in [5, 5.41) is 20.8. The van der Waals surface area contributed by atoms with E-state index in [4.69, 9.17) is 11.6 Å². The van der Waals surface area contributed by atoms with E-state index in [2.05, 4.69) is 0 Å². The van der Waals surface area contributed by atoms with E-state index in [-0.39, 0.29) is 0 Å². The van der Waals surface area contributed by atoms with Gasteiger partial charge in [-0.2, -0.15) is 0 Å². The topological polar surface area (TPSA) is 40.5 Å². The summed E-state index contributed by atoms with van der Waals surface area (Å²) < 4.78 is 0.617. The first-order valence-corrected chi connectivity index (χ1v) is 4.85. The number of aliphatic hydroxyl groups is 2. The summed E-state index contributed by atoms with van der Waals surface area (Å²) in [7, 11) is 0. The van der Waals surface area contributed by atoms with Gasteiger partial charge in [0.1, 0.15) is 5.60 Å². The standard InChI is InChI=1S/C8H11ClO2S/c1-5(10)8(2,11)6-3-7(9)12-4-6/h3-5,10-11H,1-2H3. The maximum Gasteiger partial charge on any atom is 0.113 e. The molecule has 4 heteroatoms. The Kier molecular flexibility index (Phi) is 2.78. The van der Waals surface area contributed by atoms with Gasteiger partial charge in [-0.15, -0.1) is 11.3 Å². The lowest BCUT2D eigenvalue weighted by Crippen LogP contribution is -2.33. The van der Waals surface area contributed by atoms with Gasteiger partial charge in [0.15, 0.2) is 0 Å². The quantitative estimate of drug-likeness (QED) is 0.777. The third kappa shape index (κ3) is 1.80. The van der Waals surface area contributed by atoms with E-state index in [0.717, 1.165) is 0 Å². The van der Waals surface area contributed by atoms with Crippen molar-refractivity contribution in [2.24, 2.45) is 0 Å². The van der Waals surface area contributed by atoms with Gasteiger partial charge in [-0.3, -0.25) is 0 Å². The van der Waals surface area contributed by atoms with Crippen LogP contribution in [-0.2, 0) is 5.60 Å². The van der Waals surface area contributed by atoms with Crippen molar-refractivity contribution < 1.29 is 10.2 Å². The SMILES string of the molecule is CC(O)C(C)(O)c1csc(Cl)c1. The summed E-state index contributed by atoms with van der Waals surface area (Å²) >= 11 is 7.04. The zero-order valence-corrected chi connectivity index (χ0v) is 8.49. The fraction of sp³-hybridized carbons (Fsp3) is 0.500. The lowest BCUT2D eigenvalue weighted by Gasteiger charge is -2.25.